The van der Waals surface area contributed by atoms with Gasteiger partial charge in [-0.3, -0.25) is 10.1 Å². The number of carbonyl (C=O) groups is 1. The van der Waals surface area contributed by atoms with E-state index >= 15 is 0 Å². The molecule has 3 rings (SSSR count). The molecular weight excluding hydrogens is 330 g/mol. The molecule has 0 saturated carbocycles. The SMILES string of the molecule is Cc1nnc(NC(=O)c2sc3nc(CC(C)C)ccc3c2N)s1. The van der Waals surface area contributed by atoms with Crippen LogP contribution in [-0.2, 0) is 6.42 Å². The third kappa shape index (κ3) is 3.32. The van der Waals surface area contributed by atoms with Crippen molar-refractivity contribution in [2.75, 3.05) is 11.1 Å². The Labute approximate surface area is 141 Å². The van der Waals surface area contributed by atoms with Gasteiger partial charge in [0.05, 0.1) is 5.69 Å². The molecule has 0 radical (unpaired) electrons. The quantitative estimate of drug-likeness (QED) is 0.753. The number of rotatable bonds is 4. The Morgan fingerprint density at radius 3 is 2.74 bits per heavy atom. The summed E-state index contributed by atoms with van der Waals surface area (Å²) in [5, 5.41) is 12.6. The summed E-state index contributed by atoms with van der Waals surface area (Å²) in [5.41, 5.74) is 7.61. The number of carbonyl (C=O) groups excluding carboxylic acids is 1. The number of nitrogen functional groups attached to an aromatic ring is 1. The van der Waals surface area contributed by atoms with Crippen LogP contribution >= 0.6 is 22.7 Å². The number of nitrogens with two attached hydrogens (primary N) is 1. The van der Waals surface area contributed by atoms with Crippen LogP contribution in [0.25, 0.3) is 10.2 Å². The number of pyridine rings is 1. The summed E-state index contributed by atoms with van der Waals surface area (Å²) in [6.07, 6.45) is 0.902. The van der Waals surface area contributed by atoms with Gasteiger partial charge < -0.3 is 5.73 Å². The van der Waals surface area contributed by atoms with E-state index in [9.17, 15) is 4.79 Å². The Morgan fingerprint density at radius 1 is 1.30 bits per heavy atom. The molecule has 3 N–H and O–H groups in total. The van der Waals surface area contributed by atoms with E-state index < -0.39 is 0 Å². The number of fused-ring (bicyclic) bond motifs is 1. The van der Waals surface area contributed by atoms with Crippen molar-refractivity contribution >= 4 is 49.6 Å². The number of nitrogens with one attached hydrogen (secondary N) is 1. The molecule has 1 amide bonds. The zero-order valence-electron chi connectivity index (χ0n) is 13.1. The molecule has 0 aliphatic rings. The van der Waals surface area contributed by atoms with Gasteiger partial charge in [0.15, 0.2) is 0 Å². The highest BCUT2D eigenvalue weighted by molar-refractivity contribution is 7.21. The Bertz CT molecular complexity index is 868. The second-order valence-corrected chi connectivity index (χ2v) is 7.86. The molecule has 0 saturated heterocycles. The molecule has 0 bridgehead atoms. The maximum absolute atomic E-state index is 12.4. The minimum atomic E-state index is -0.271. The summed E-state index contributed by atoms with van der Waals surface area (Å²) in [6.45, 7) is 6.14. The Kier molecular flexibility index (Phi) is 4.27. The molecule has 3 heterocycles. The molecular formula is C15H17N5OS2. The lowest BCUT2D eigenvalue weighted by molar-refractivity contribution is 0.103. The zero-order valence-corrected chi connectivity index (χ0v) is 14.7. The van der Waals surface area contributed by atoms with Gasteiger partial charge in [-0.05, 0) is 31.4 Å². The highest BCUT2D eigenvalue weighted by Gasteiger charge is 2.19. The third-order valence-corrected chi connectivity index (χ3v) is 5.09. The van der Waals surface area contributed by atoms with Gasteiger partial charge in [-0.2, -0.15) is 0 Å². The van der Waals surface area contributed by atoms with Crippen LogP contribution in [0.3, 0.4) is 0 Å². The minimum absolute atomic E-state index is 0.271. The molecule has 120 valence electrons. The second kappa shape index (κ2) is 6.21. The number of amides is 1. The van der Waals surface area contributed by atoms with Gasteiger partial charge in [0.25, 0.3) is 5.91 Å². The molecule has 0 aliphatic carbocycles. The number of aryl methyl sites for hydroxylation is 1. The van der Waals surface area contributed by atoms with Gasteiger partial charge in [-0.1, -0.05) is 25.2 Å². The van der Waals surface area contributed by atoms with E-state index in [1.807, 2.05) is 19.1 Å². The fourth-order valence-electron chi connectivity index (χ4n) is 2.24. The van der Waals surface area contributed by atoms with Crippen LogP contribution in [0, 0.1) is 12.8 Å². The first-order valence-corrected chi connectivity index (χ1v) is 8.86. The van der Waals surface area contributed by atoms with Gasteiger partial charge in [-0.25, -0.2) is 4.98 Å². The lowest BCUT2D eigenvalue weighted by Gasteiger charge is -2.03. The van der Waals surface area contributed by atoms with E-state index in [1.165, 1.54) is 22.7 Å². The van der Waals surface area contributed by atoms with Crippen LogP contribution in [0.1, 0.15) is 34.2 Å². The van der Waals surface area contributed by atoms with Crippen LogP contribution < -0.4 is 11.1 Å². The van der Waals surface area contributed by atoms with Gasteiger partial charge >= 0.3 is 0 Å². The number of aromatic nitrogens is 3. The number of hydrogen-bond donors (Lipinski definition) is 2. The van der Waals surface area contributed by atoms with Crippen LogP contribution in [-0.4, -0.2) is 21.1 Å². The van der Waals surface area contributed by atoms with Gasteiger partial charge in [-0.15, -0.1) is 21.5 Å². The first-order chi connectivity index (χ1) is 10.9. The van der Waals surface area contributed by atoms with Crippen molar-refractivity contribution in [2.24, 2.45) is 5.92 Å². The molecule has 0 atom stereocenters. The van der Waals surface area contributed by atoms with E-state index in [2.05, 4.69) is 34.3 Å². The molecule has 0 unspecified atom stereocenters. The van der Waals surface area contributed by atoms with E-state index in [-0.39, 0.29) is 5.91 Å². The zero-order chi connectivity index (χ0) is 16.6. The lowest BCUT2D eigenvalue weighted by atomic mass is 10.1. The topological polar surface area (TPSA) is 93.8 Å². The fraction of sp³-hybridized carbons (Fsp3) is 0.333. The molecule has 23 heavy (non-hydrogen) atoms. The van der Waals surface area contributed by atoms with Crippen molar-refractivity contribution in [1.82, 2.24) is 15.2 Å². The van der Waals surface area contributed by atoms with E-state index in [1.54, 1.807) is 0 Å². The molecule has 3 aromatic rings. The smallest absolute Gasteiger partial charge is 0.269 e. The van der Waals surface area contributed by atoms with Gasteiger partial charge in [0.1, 0.15) is 14.7 Å². The predicted octanol–water partition coefficient (Wildman–Crippen LogP) is 3.49. The van der Waals surface area contributed by atoms with Crippen molar-refractivity contribution in [3.8, 4) is 0 Å². The molecule has 0 fully saturated rings. The maximum Gasteiger partial charge on any atom is 0.269 e. The van der Waals surface area contributed by atoms with E-state index in [0.717, 1.165) is 27.3 Å². The lowest BCUT2D eigenvalue weighted by Crippen LogP contribution is -2.11. The molecule has 0 spiro atoms. The van der Waals surface area contributed by atoms with Crippen molar-refractivity contribution in [1.29, 1.82) is 0 Å². The summed E-state index contributed by atoms with van der Waals surface area (Å²) in [4.78, 5) is 18.3. The first-order valence-electron chi connectivity index (χ1n) is 7.23. The van der Waals surface area contributed by atoms with E-state index in [0.29, 0.717) is 21.6 Å². The average Bonchev–Trinajstić information content (AvgIpc) is 3.02. The largest absolute Gasteiger partial charge is 0.397 e. The number of hydrogen-bond acceptors (Lipinski definition) is 7. The second-order valence-electron chi connectivity index (χ2n) is 5.68. The maximum atomic E-state index is 12.4. The third-order valence-electron chi connectivity index (χ3n) is 3.22. The fourth-order valence-corrected chi connectivity index (χ4v) is 3.83. The number of anilines is 2. The van der Waals surface area contributed by atoms with Crippen LogP contribution in [0.2, 0.25) is 0 Å². The van der Waals surface area contributed by atoms with Crippen LogP contribution in [0.5, 0.6) is 0 Å². The Balaban J connectivity index is 1.91. The standard InChI is InChI=1S/C15H17N5OS2/c1-7(2)6-9-4-5-10-11(16)12(23-14(10)17-9)13(21)18-15-20-19-8(3)22-15/h4-5,7H,6,16H2,1-3H3,(H,18,20,21). The summed E-state index contributed by atoms with van der Waals surface area (Å²) >= 11 is 2.63. The van der Waals surface area contributed by atoms with E-state index in [4.69, 9.17) is 5.73 Å². The predicted molar refractivity (Wildman–Crippen MR) is 95.2 cm³/mol. The molecule has 0 aliphatic heterocycles. The highest BCUT2D eigenvalue weighted by Crippen LogP contribution is 2.33. The Hall–Kier alpha value is -2.06. The normalized spacial score (nSPS) is 11.3. The number of nitrogens with zero attached hydrogens (tertiary/aromatic N) is 3. The average molecular weight is 347 g/mol. The highest BCUT2D eigenvalue weighted by atomic mass is 32.1. The van der Waals surface area contributed by atoms with Crippen LogP contribution in [0.15, 0.2) is 12.1 Å². The van der Waals surface area contributed by atoms with Crippen LogP contribution in [0.4, 0.5) is 10.8 Å². The molecule has 3 aromatic heterocycles. The minimum Gasteiger partial charge on any atom is -0.397 e. The number of thiophene rings is 1. The summed E-state index contributed by atoms with van der Waals surface area (Å²) in [7, 11) is 0. The van der Waals surface area contributed by atoms with Gasteiger partial charge in [0, 0.05) is 11.1 Å². The Morgan fingerprint density at radius 2 is 2.09 bits per heavy atom. The molecule has 6 nitrogen and oxygen atoms in total. The van der Waals surface area contributed by atoms with Crippen molar-refractivity contribution in [3.05, 3.63) is 27.7 Å². The summed E-state index contributed by atoms with van der Waals surface area (Å²) in [6, 6.07) is 3.92. The first kappa shape index (κ1) is 15.8. The summed E-state index contributed by atoms with van der Waals surface area (Å²) in [5.74, 6) is 0.257. The van der Waals surface area contributed by atoms with Crippen molar-refractivity contribution in [2.45, 2.75) is 27.2 Å². The van der Waals surface area contributed by atoms with Gasteiger partial charge in [0.2, 0.25) is 5.13 Å². The molecule has 8 heteroatoms. The van der Waals surface area contributed by atoms with Crippen molar-refractivity contribution < 1.29 is 4.79 Å². The summed E-state index contributed by atoms with van der Waals surface area (Å²) < 4.78 is 0. The van der Waals surface area contributed by atoms with Crippen molar-refractivity contribution in [3.63, 3.8) is 0 Å². The monoisotopic (exact) mass is 347 g/mol. The molecule has 0 aromatic carbocycles.